The average molecular weight is 220 g/mol. The number of hydrogen-bond donors (Lipinski definition) is 1. The van der Waals surface area contributed by atoms with Crippen molar-refractivity contribution in [2.24, 2.45) is 0 Å². The maximum absolute atomic E-state index is 11.3. The molecule has 16 heavy (non-hydrogen) atoms. The van der Waals surface area contributed by atoms with Gasteiger partial charge in [0.2, 0.25) is 5.91 Å². The van der Waals surface area contributed by atoms with E-state index >= 15 is 0 Å². The number of rotatable bonds is 2. The molecule has 1 unspecified atom stereocenters. The zero-order valence-corrected chi connectivity index (χ0v) is 9.60. The minimum Gasteiger partial charge on any atom is -0.365 e. The van der Waals surface area contributed by atoms with Crippen LogP contribution in [0.15, 0.2) is 12.3 Å². The van der Waals surface area contributed by atoms with E-state index in [0.29, 0.717) is 6.42 Å². The number of likely N-dealkylation sites (tertiary alicyclic amines) is 1. The van der Waals surface area contributed by atoms with E-state index in [9.17, 15) is 4.79 Å². The Morgan fingerprint density at radius 2 is 2.38 bits per heavy atom. The van der Waals surface area contributed by atoms with Crippen molar-refractivity contribution in [2.75, 3.05) is 18.9 Å². The summed E-state index contributed by atoms with van der Waals surface area (Å²) in [5.41, 5.74) is 0. The number of piperidine rings is 1. The Morgan fingerprint density at radius 1 is 1.56 bits per heavy atom. The molecule has 1 fully saturated rings. The third-order valence-corrected chi connectivity index (χ3v) is 2.75. The van der Waals surface area contributed by atoms with Crippen LogP contribution in [-0.4, -0.2) is 40.4 Å². The molecular weight excluding hydrogens is 204 g/mol. The number of aryl methyl sites for hydroxylation is 1. The second-order valence-electron chi connectivity index (χ2n) is 4.14. The molecule has 2 rings (SSSR count). The van der Waals surface area contributed by atoms with Crippen LogP contribution in [0.4, 0.5) is 5.82 Å². The molecular formula is C11H16N4O. The summed E-state index contributed by atoms with van der Waals surface area (Å²) in [6, 6.07) is 2.14. The molecule has 1 amide bonds. The lowest BCUT2D eigenvalue weighted by molar-refractivity contribution is -0.132. The van der Waals surface area contributed by atoms with Crippen LogP contribution >= 0.6 is 0 Å². The van der Waals surface area contributed by atoms with E-state index < -0.39 is 0 Å². The van der Waals surface area contributed by atoms with Gasteiger partial charge in [0.25, 0.3) is 0 Å². The van der Waals surface area contributed by atoms with Gasteiger partial charge in [-0.15, -0.1) is 0 Å². The molecule has 1 aromatic heterocycles. The van der Waals surface area contributed by atoms with Crippen molar-refractivity contribution in [2.45, 2.75) is 25.8 Å². The number of nitrogens with zero attached hydrogens (tertiary/aromatic N) is 3. The summed E-state index contributed by atoms with van der Waals surface area (Å²) in [7, 11) is 1.83. The number of carbonyl (C=O) groups excluding carboxylic acids is 1. The van der Waals surface area contributed by atoms with Crippen molar-refractivity contribution in [3.8, 4) is 0 Å². The SMILES string of the molecule is Cc1nccc(NC2CCC(=O)N(C)C2)n1. The zero-order chi connectivity index (χ0) is 11.5. The monoisotopic (exact) mass is 220 g/mol. The molecule has 2 heterocycles. The fraction of sp³-hybridized carbons (Fsp3) is 0.545. The first-order chi connectivity index (χ1) is 7.65. The van der Waals surface area contributed by atoms with E-state index in [-0.39, 0.29) is 11.9 Å². The number of aromatic nitrogens is 2. The van der Waals surface area contributed by atoms with E-state index in [1.54, 1.807) is 11.1 Å². The van der Waals surface area contributed by atoms with Gasteiger partial charge in [0.05, 0.1) is 0 Å². The van der Waals surface area contributed by atoms with Gasteiger partial charge in [0.15, 0.2) is 0 Å². The summed E-state index contributed by atoms with van der Waals surface area (Å²) in [6.07, 6.45) is 3.22. The number of carbonyl (C=O) groups is 1. The summed E-state index contributed by atoms with van der Waals surface area (Å²) in [6.45, 7) is 2.60. The Labute approximate surface area is 94.9 Å². The van der Waals surface area contributed by atoms with Gasteiger partial charge in [0.1, 0.15) is 11.6 Å². The molecule has 0 bridgehead atoms. The van der Waals surface area contributed by atoms with Gasteiger partial charge in [-0.25, -0.2) is 9.97 Å². The van der Waals surface area contributed by atoms with Crippen LogP contribution in [-0.2, 0) is 4.79 Å². The predicted octanol–water partition coefficient (Wildman–Crippen LogP) is 0.818. The van der Waals surface area contributed by atoms with Crippen molar-refractivity contribution in [3.05, 3.63) is 18.1 Å². The van der Waals surface area contributed by atoms with Gasteiger partial charge in [-0.1, -0.05) is 0 Å². The summed E-state index contributed by atoms with van der Waals surface area (Å²) >= 11 is 0. The maximum Gasteiger partial charge on any atom is 0.222 e. The van der Waals surface area contributed by atoms with Crippen molar-refractivity contribution in [1.29, 1.82) is 0 Å². The van der Waals surface area contributed by atoms with Crippen molar-refractivity contribution in [1.82, 2.24) is 14.9 Å². The molecule has 86 valence electrons. The topological polar surface area (TPSA) is 58.1 Å². The van der Waals surface area contributed by atoms with Crippen molar-refractivity contribution < 1.29 is 4.79 Å². The quantitative estimate of drug-likeness (QED) is 0.801. The molecule has 0 saturated carbocycles. The molecule has 5 heteroatoms. The molecule has 0 aromatic carbocycles. The van der Waals surface area contributed by atoms with Gasteiger partial charge < -0.3 is 10.2 Å². The van der Waals surface area contributed by atoms with Crippen LogP contribution in [0.1, 0.15) is 18.7 Å². The van der Waals surface area contributed by atoms with Crippen molar-refractivity contribution in [3.63, 3.8) is 0 Å². The van der Waals surface area contributed by atoms with E-state index in [1.807, 2.05) is 20.0 Å². The molecule has 5 nitrogen and oxygen atoms in total. The summed E-state index contributed by atoms with van der Waals surface area (Å²) in [4.78, 5) is 21.4. The number of anilines is 1. The average Bonchev–Trinajstić information content (AvgIpc) is 2.24. The van der Waals surface area contributed by atoms with Crippen LogP contribution in [0.5, 0.6) is 0 Å². The van der Waals surface area contributed by atoms with E-state index in [1.165, 1.54) is 0 Å². The Balaban J connectivity index is 1.98. The van der Waals surface area contributed by atoms with Crippen molar-refractivity contribution >= 4 is 11.7 Å². The fourth-order valence-corrected chi connectivity index (χ4v) is 1.88. The molecule has 1 N–H and O–H groups in total. The minimum atomic E-state index is 0.219. The third kappa shape index (κ3) is 2.48. The van der Waals surface area contributed by atoms with E-state index in [0.717, 1.165) is 24.6 Å². The second kappa shape index (κ2) is 4.47. The van der Waals surface area contributed by atoms with E-state index in [2.05, 4.69) is 15.3 Å². The fourth-order valence-electron chi connectivity index (χ4n) is 1.88. The highest BCUT2D eigenvalue weighted by Crippen LogP contribution is 2.14. The first-order valence-electron chi connectivity index (χ1n) is 5.45. The van der Waals surface area contributed by atoms with Crippen LogP contribution < -0.4 is 5.32 Å². The highest BCUT2D eigenvalue weighted by molar-refractivity contribution is 5.76. The Morgan fingerprint density at radius 3 is 3.06 bits per heavy atom. The molecule has 0 aliphatic carbocycles. The molecule has 0 radical (unpaired) electrons. The normalized spacial score (nSPS) is 21.0. The Hall–Kier alpha value is -1.65. The first-order valence-corrected chi connectivity index (χ1v) is 5.45. The smallest absolute Gasteiger partial charge is 0.222 e. The van der Waals surface area contributed by atoms with Gasteiger partial charge in [-0.3, -0.25) is 4.79 Å². The molecule has 1 aliphatic heterocycles. The highest BCUT2D eigenvalue weighted by atomic mass is 16.2. The first kappa shape index (κ1) is 10.9. The Kier molecular flexibility index (Phi) is 3.03. The van der Waals surface area contributed by atoms with Gasteiger partial charge in [-0.05, 0) is 19.4 Å². The maximum atomic E-state index is 11.3. The number of hydrogen-bond acceptors (Lipinski definition) is 4. The summed E-state index contributed by atoms with van der Waals surface area (Å²) in [5.74, 6) is 1.81. The molecule has 1 aliphatic rings. The highest BCUT2D eigenvalue weighted by Gasteiger charge is 2.22. The number of amides is 1. The van der Waals surface area contributed by atoms with Gasteiger partial charge in [-0.2, -0.15) is 0 Å². The standard InChI is InChI=1S/C11H16N4O/c1-8-12-6-5-10(13-8)14-9-3-4-11(16)15(2)7-9/h5-6,9H,3-4,7H2,1-2H3,(H,12,13,14). The molecule has 1 saturated heterocycles. The van der Waals surface area contributed by atoms with Crippen LogP contribution in [0.25, 0.3) is 0 Å². The van der Waals surface area contributed by atoms with Crippen LogP contribution in [0.2, 0.25) is 0 Å². The van der Waals surface area contributed by atoms with Gasteiger partial charge >= 0.3 is 0 Å². The molecule has 1 aromatic rings. The summed E-state index contributed by atoms with van der Waals surface area (Å²) < 4.78 is 0. The van der Waals surface area contributed by atoms with Gasteiger partial charge in [0, 0.05) is 32.3 Å². The predicted molar refractivity (Wildman–Crippen MR) is 61.1 cm³/mol. The number of likely N-dealkylation sites (N-methyl/N-ethyl adjacent to an activating group) is 1. The molecule has 1 atom stereocenters. The Bertz CT molecular complexity index is 393. The minimum absolute atomic E-state index is 0.219. The van der Waals surface area contributed by atoms with Crippen LogP contribution in [0.3, 0.4) is 0 Å². The lowest BCUT2D eigenvalue weighted by Gasteiger charge is -2.30. The summed E-state index contributed by atoms with van der Waals surface area (Å²) in [5, 5.41) is 3.33. The largest absolute Gasteiger partial charge is 0.365 e. The lowest BCUT2D eigenvalue weighted by atomic mass is 10.1. The van der Waals surface area contributed by atoms with Crippen LogP contribution in [0, 0.1) is 6.92 Å². The van der Waals surface area contributed by atoms with E-state index in [4.69, 9.17) is 0 Å². The zero-order valence-electron chi connectivity index (χ0n) is 9.60. The molecule has 0 spiro atoms. The second-order valence-corrected chi connectivity index (χ2v) is 4.14. The third-order valence-electron chi connectivity index (χ3n) is 2.75. The number of nitrogens with one attached hydrogen (secondary N) is 1. The lowest BCUT2D eigenvalue weighted by Crippen LogP contribution is -2.43.